The lowest BCUT2D eigenvalue weighted by atomic mass is 10.00. The molecular weight excluding hydrogens is 411 g/mol. The summed E-state index contributed by atoms with van der Waals surface area (Å²) in [7, 11) is -4.03. The van der Waals surface area contributed by atoms with Gasteiger partial charge in [0.2, 0.25) is 10.0 Å². The molecule has 0 spiro atoms. The smallest absolute Gasteiger partial charge is 0.367 e. The van der Waals surface area contributed by atoms with Crippen molar-refractivity contribution in [1.29, 1.82) is 0 Å². The molecule has 1 aliphatic rings. The minimum Gasteiger partial charge on any atom is -0.367 e. The van der Waals surface area contributed by atoms with Crippen LogP contribution in [0.15, 0.2) is 24.7 Å². The van der Waals surface area contributed by atoms with Gasteiger partial charge < -0.3 is 9.72 Å². The van der Waals surface area contributed by atoms with E-state index in [2.05, 4.69) is 19.7 Å². The SMILES string of the molecule is C[C@H]1C[C@@H](CNS(=O)(=O)CCC(F)(F)F)O[C@H]1c1cnc2cnc3[nH]ccc3n12. The number of nitrogens with one attached hydrogen (secondary N) is 2. The summed E-state index contributed by atoms with van der Waals surface area (Å²) in [6.45, 7) is 1.91. The van der Waals surface area contributed by atoms with Crippen LogP contribution >= 0.6 is 0 Å². The Balaban J connectivity index is 1.47. The van der Waals surface area contributed by atoms with E-state index in [0.717, 1.165) is 11.2 Å². The van der Waals surface area contributed by atoms with Gasteiger partial charge in [-0.1, -0.05) is 6.92 Å². The molecule has 0 unspecified atom stereocenters. The highest BCUT2D eigenvalue weighted by Gasteiger charge is 2.36. The number of fused-ring (bicyclic) bond motifs is 3. The number of hydrogen-bond donors (Lipinski definition) is 2. The lowest BCUT2D eigenvalue weighted by Gasteiger charge is -2.16. The van der Waals surface area contributed by atoms with Gasteiger partial charge in [0, 0.05) is 12.7 Å². The Bertz CT molecular complexity index is 1120. The quantitative estimate of drug-likeness (QED) is 0.625. The lowest BCUT2D eigenvalue weighted by molar-refractivity contribution is -0.130. The van der Waals surface area contributed by atoms with Crippen molar-refractivity contribution in [2.45, 2.75) is 38.1 Å². The molecule has 4 rings (SSSR count). The average Bonchev–Trinajstić information content (AvgIpc) is 3.34. The van der Waals surface area contributed by atoms with Gasteiger partial charge in [0.05, 0.1) is 41.9 Å². The summed E-state index contributed by atoms with van der Waals surface area (Å²) in [5.41, 5.74) is 3.04. The number of hydrogen-bond acceptors (Lipinski definition) is 5. The highest BCUT2D eigenvalue weighted by Crippen LogP contribution is 2.38. The van der Waals surface area contributed by atoms with Crippen LogP contribution in [0.25, 0.3) is 16.8 Å². The third-order valence-electron chi connectivity index (χ3n) is 5.04. The standard InChI is InChI=1S/C17H20F3N5O3S/c1-10-6-11(7-24-29(26,27)5-3-17(18,19)20)28-15(10)13-8-22-14-9-23-16-12(25(13)14)2-4-21-16/h2,4,8-11,15,21,24H,3,5-7H2,1H3/t10-,11-,15+/m0/s1. The zero-order valence-corrected chi connectivity index (χ0v) is 16.3. The maximum atomic E-state index is 12.3. The molecule has 1 aliphatic heterocycles. The topological polar surface area (TPSA) is 101 Å². The van der Waals surface area contributed by atoms with E-state index in [0.29, 0.717) is 17.7 Å². The molecule has 3 atom stereocenters. The van der Waals surface area contributed by atoms with Gasteiger partial charge in [-0.3, -0.25) is 4.40 Å². The summed E-state index contributed by atoms with van der Waals surface area (Å²) in [6.07, 6.45) is -0.955. The number of rotatable bonds is 6. The summed E-state index contributed by atoms with van der Waals surface area (Å²) in [6, 6.07) is 1.88. The summed E-state index contributed by atoms with van der Waals surface area (Å²) >= 11 is 0. The minimum atomic E-state index is -4.51. The molecular formula is C17H20F3N5O3S. The van der Waals surface area contributed by atoms with Gasteiger partial charge in [-0.2, -0.15) is 13.2 Å². The van der Waals surface area contributed by atoms with Crippen molar-refractivity contribution >= 4 is 26.8 Å². The second-order valence-corrected chi connectivity index (χ2v) is 9.20. The van der Waals surface area contributed by atoms with Crippen molar-refractivity contribution < 1.29 is 26.3 Å². The van der Waals surface area contributed by atoms with E-state index < -0.39 is 34.5 Å². The van der Waals surface area contributed by atoms with Crippen molar-refractivity contribution in [3.8, 4) is 0 Å². The molecule has 0 aliphatic carbocycles. The second-order valence-electron chi connectivity index (χ2n) is 7.27. The predicted octanol–water partition coefficient (Wildman–Crippen LogP) is 2.55. The number of imidazole rings is 1. The summed E-state index contributed by atoms with van der Waals surface area (Å²) in [5.74, 6) is -0.921. The third-order valence-corrected chi connectivity index (χ3v) is 6.39. The molecule has 1 saturated heterocycles. The van der Waals surface area contributed by atoms with Crippen molar-refractivity contribution in [3.05, 3.63) is 30.4 Å². The van der Waals surface area contributed by atoms with Gasteiger partial charge in [-0.05, 0) is 18.4 Å². The number of sulfonamides is 1. The fourth-order valence-corrected chi connectivity index (χ4v) is 4.75. The van der Waals surface area contributed by atoms with Crippen molar-refractivity contribution in [1.82, 2.24) is 24.1 Å². The Hall–Kier alpha value is -2.18. The number of aromatic nitrogens is 4. The fourth-order valence-electron chi connectivity index (χ4n) is 3.66. The van der Waals surface area contributed by atoms with Crippen LogP contribution in [0.4, 0.5) is 13.2 Å². The first kappa shape index (κ1) is 20.1. The van der Waals surface area contributed by atoms with Gasteiger partial charge in [0.1, 0.15) is 6.10 Å². The molecule has 8 nitrogen and oxygen atoms in total. The van der Waals surface area contributed by atoms with Gasteiger partial charge in [0.15, 0.2) is 11.3 Å². The van der Waals surface area contributed by atoms with E-state index in [1.807, 2.05) is 17.4 Å². The zero-order chi connectivity index (χ0) is 20.8. The predicted molar refractivity (Wildman–Crippen MR) is 98.7 cm³/mol. The monoisotopic (exact) mass is 431 g/mol. The minimum absolute atomic E-state index is 0.0705. The van der Waals surface area contributed by atoms with Crippen LogP contribution in [-0.2, 0) is 14.8 Å². The molecule has 2 N–H and O–H groups in total. The van der Waals surface area contributed by atoms with Crippen LogP contribution in [0.2, 0.25) is 0 Å². The molecule has 12 heteroatoms. The number of H-pyrrole nitrogens is 1. The highest BCUT2D eigenvalue weighted by atomic mass is 32.2. The van der Waals surface area contributed by atoms with Gasteiger partial charge >= 0.3 is 6.18 Å². The van der Waals surface area contributed by atoms with E-state index in [4.69, 9.17) is 4.74 Å². The van der Waals surface area contributed by atoms with Crippen molar-refractivity contribution in [2.75, 3.05) is 12.3 Å². The Morgan fingerprint density at radius 2 is 2.14 bits per heavy atom. The molecule has 29 heavy (non-hydrogen) atoms. The van der Waals surface area contributed by atoms with Crippen LogP contribution in [0, 0.1) is 5.92 Å². The number of nitrogens with zero attached hydrogens (tertiary/aromatic N) is 3. The molecule has 0 bridgehead atoms. The molecule has 3 aromatic rings. The molecule has 0 aromatic carbocycles. The number of halogens is 3. The summed E-state index contributed by atoms with van der Waals surface area (Å²) in [4.78, 5) is 11.7. The number of alkyl halides is 3. The third kappa shape index (κ3) is 4.23. The zero-order valence-electron chi connectivity index (χ0n) is 15.5. The Morgan fingerprint density at radius 1 is 1.34 bits per heavy atom. The Labute approximate surface area is 164 Å². The van der Waals surface area contributed by atoms with Gasteiger partial charge in [0.25, 0.3) is 0 Å². The fraction of sp³-hybridized carbons (Fsp3) is 0.529. The lowest BCUT2D eigenvalue weighted by Crippen LogP contribution is -2.34. The van der Waals surface area contributed by atoms with Crippen LogP contribution < -0.4 is 4.72 Å². The molecule has 4 heterocycles. The largest absolute Gasteiger partial charge is 0.390 e. The molecule has 158 valence electrons. The van der Waals surface area contributed by atoms with E-state index in [9.17, 15) is 21.6 Å². The van der Waals surface area contributed by atoms with E-state index in [-0.39, 0.29) is 18.6 Å². The van der Waals surface area contributed by atoms with Crippen molar-refractivity contribution in [2.24, 2.45) is 5.92 Å². The molecule has 3 aromatic heterocycles. The molecule has 1 fully saturated rings. The first-order valence-corrected chi connectivity index (χ1v) is 10.8. The van der Waals surface area contributed by atoms with Crippen LogP contribution in [0.1, 0.15) is 31.6 Å². The van der Waals surface area contributed by atoms with Crippen LogP contribution in [0.3, 0.4) is 0 Å². The Morgan fingerprint density at radius 3 is 2.90 bits per heavy atom. The van der Waals surface area contributed by atoms with E-state index >= 15 is 0 Å². The first-order chi connectivity index (χ1) is 13.6. The van der Waals surface area contributed by atoms with Gasteiger partial charge in [-0.15, -0.1) is 0 Å². The first-order valence-electron chi connectivity index (χ1n) is 9.12. The summed E-state index contributed by atoms with van der Waals surface area (Å²) < 4.78 is 70.7. The van der Waals surface area contributed by atoms with Crippen LogP contribution in [0.5, 0.6) is 0 Å². The maximum absolute atomic E-state index is 12.3. The van der Waals surface area contributed by atoms with Crippen molar-refractivity contribution in [3.63, 3.8) is 0 Å². The highest BCUT2D eigenvalue weighted by molar-refractivity contribution is 7.89. The van der Waals surface area contributed by atoms with Crippen LogP contribution in [-0.4, -0.2) is 52.3 Å². The summed E-state index contributed by atoms with van der Waals surface area (Å²) in [5, 5.41) is 0. The average molecular weight is 431 g/mol. The second kappa shape index (κ2) is 7.26. The maximum Gasteiger partial charge on any atom is 0.390 e. The van der Waals surface area contributed by atoms with E-state index in [1.54, 1.807) is 18.6 Å². The Kier molecular flexibility index (Phi) is 5.03. The molecule has 0 saturated carbocycles. The number of aromatic amines is 1. The normalized spacial score (nSPS) is 23.4. The molecule has 0 amide bonds. The number of ether oxygens (including phenoxy) is 1. The van der Waals surface area contributed by atoms with E-state index in [1.165, 1.54) is 0 Å². The van der Waals surface area contributed by atoms with Gasteiger partial charge in [-0.25, -0.2) is 23.1 Å². The molecule has 0 radical (unpaired) electrons.